The van der Waals surface area contributed by atoms with E-state index in [1.54, 1.807) is 28.9 Å². The maximum atomic E-state index is 14.2. The van der Waals surface area contributed by atoms with Gasteiger partial charge in [-0.2, -0.15) is 5.10 Å². The van der Waals surface area contributed by atoms with Crippen LogP contribution in [-0.2, 0) is 6.54 Å². The molecule has 0 saturated heterocycles. The zero-order valence-corrected chi connectivity index (χ0v) is 18.7. The number of ether oxygens (including phenoxy) is 1. The zero-order chi connectivity index (χ0) is 22.8. The lowest BCUT2D eigenvalue weighted by molar-refractivity contribution is 0.0985. The molecule has 0 aliphatic carbocycles. The van der Waals surface area contributed by atoms with Crippen molar-refractivity contribution in [3.63, 3.8) is 0 Å². The van der Waals surface area contributed by atoms with Crippen LogP contribution in [0.15, 0.2) is 42.5 Å². The van der Waals surface area contributed by atoms with Crippen molar-refractivity contribution in [1.29, 1.82) is 0 Å². The molecule has 2 aromatic heterocycles. The van der Waals surface area contributed by atoms with Crippen molar-refractivity contribution in [2.45, 2.75) is 27.3 Å². The Morgan fingerprint density at radius 3 is 2.56 bits per heavy atom. The third-order valence-electron chi connectivity index (χ3n) is 4.93. The first-order chi connectivity index (χ1) is 15.4. The molecule has 4 rings (SSSR count). The molecular formula is C23H22F2N4O2S. The molecular weight excluding hydrogens is 434 g/mol. The molecule has 0 radical (unpaired) electrons. The fraction of sp³-hybridized carbons (Fsp3) is 0.261. The molecule has 2 aromatic carbocycles. The van der Waals surface area contributed by atoms with Gasteiger partial charge in [-0.15, -0.1) is 0 Å². The van der Waals surface area contributed by atoms with Gasteiger partial charge in [0.15, 0.2) is 10.9 Å². The number of nitrogens with zero attached hydrogens (tertiary/aromatic N) is 4. The minimum absolute atomic E-state index is 0.0435. The van der Waals surface area contributed by atoms with Gasteiger partial charge in [0, 0.05) is 23.9 Å². The summed E-state index contributed by atoms with van der Waals surface area (Å²) in [4.78, 5) is 19.2. The number of hydrogen-bond donors (Lipinski definition) is 0. The Morgan fingerprint density at radius 1 is 1.16 bits per heavy atom. The lowest BCUT2D eigenvalue weighted by Gasteiger charge is -2.20. The molecule has 2 heterocycles. The molecule has 0 aliphatic heterocycles. The van der Waals surface area contributed by atoms with Crippen LogP contribution in [0.2, 0.25) is 0 Å². The topological polar surface area (TPSA) is 60.2 Å². The molecule has 4 aromatic rings. The van der Waals surface area contributed by atoms with Crippen LogP contribution in [0.3, 0.4) is 0 Å². The molecule has 9 heteroatoms. The molecule has 0 saturated carbocycles. The summed E-state index contributed by atoms with van der Waals surface area (Å²) in [7, 11) is 0. The first-order valence-corrected chi connectivity index (χ1v) is 11.0. The van der Waals surface area contributed by atoms with Crippen LogP contribution in [-0.4, -0.2) is 33.8 Å². The molecule has 0 unspecified atom stereocenters. The molecule has 0 atom stereocenters. The van der Waals surface area contributed by atoms with Gasteiger partial charge in [-0.05, 0) is 57.2 Å². The van der Waals surface area contributed by atoms with E-state index in [0.29, 0.717) is 34.3 Å². The van der Waals surface area contributed by atoms with Crippen molar-refractivity contribution in [3.8, 4) is 5.75 Å². The Bertz CT molecular complexity index is 1270. The number of anilines is 1. The second-order valence-corrected chi connectivity index (χ2v) is 8.30. The minimum Gasteiger partial charge on any atom is -0.494 e. The van der Waals surface area contributed by atoms with Gasteiger partial charge in [0.2, 0.25) is 0 Å². The van der Waals surface area contributed by atoms with Crippen molar-refractivity contribution in [2.24, 2.45) is 0 Å². The van der Waals surface area contributed by atoms with Crippen LogP contribution in [0.25, 0.3) is 10.2 Å². The Kier molecular flexibility index (Phi) is 6.18. The van der Waals surface area contributed by atoms with Crippen molar-refractivity contribution in [1.82, 2.24) is 14.8 Å². The highest BCUT2D eigenvalue weighted by molar-refractivity contribution is 7.22. The summed E-state index contributed by atoms with van der Waals surface area (Å²) >= 11 is 1.07. The van der Waals surface area contributed by atoms with Gasteiger partial charge in [-0.25, -0.2) is 13.8 Å². The van der Waals surface area contributed by atoms with Gasteiger partial charge >= 0.3 is 0 Å². The van der Waals surface area contributed by atoms with E-state index in [9.17, 15) is 13.6 Å². The number of carbonyl (C=O) groups excluding carboxylic acids is 1. The molecule has 1 amide bonds. The van der Waals surface area contributed by atoms with Crippen LogP contribution in [0.4, 0.5) is 13.9 Å². The van der Waals surface area contributed by atoms with Gasteiger partial charge in [0.1, 0.15) is 17.1 Å². The summed E-state index contributed by atoms with van der Waals surface area (Å²) in [5.41, 5.74) is 2.33. The second kappa shape index (κ2) is 9.04. The molecule has 166 valence electrons. The lowest BCUT2D eigenvalue weighted by Crippen LogP contribution is -2.34. The summed E-state index contributed by atoms with van der Waals surface area (Å²) in [5.74, 6) is -1.07. The number of halogens is 2. The second-order valence-electron chi connectivity index (χ2n) is 7.30. The quantitative estimate of drug-likeness (QED) is 0.387. The predicted octanol–water partition coefficient (Wildman–Crippen LogP) is 5.13. The maximum Gasteiger partial charge on any atom is 0.260 e. The molecule has 0 N–H and O–H groups in total. The normalized spacial score (nSPS) is 11.2. The number of amides is 1. The number of fused-ring (bicyclic) bond motifs is 1. The Morgan fingerprint density at radius 2 is 1.91 bits per heavy atom. The Labute approximate surface area is 188 Å². The molecule has 0 aliphatic rings. The molecule has 6 nitrogen and oxygen atoms in total. The van der Waals surface area contributed by atoms with E-state index >= 15 is 0 Å². The maximum absolute atomic E-state index is 14.2. The average Bonchev–Trinajstić information content (AvgIpc) is 3.31. The predicted molar refractivity (Wildman–Crippen MR) is 121 cm³/mol. The monoisotopic (exact) mass is 456 g/mol. The molecule has 0 fully saturated rings. The van der Waals surface area contributed by atoms with Crippen LogP contribution < -0.4 is 9.64 Å². The Balaban J connectivity index is 1.69. The van der Waals surface area contributed by atoms with Gasteiger partial charge in [-0.3, -0.25) is 14.4 Å². The lowest BCUT2D eigenvalue weighted by atomic mass is 10.2. The average molecular weight is 457 g/mol. The molecule has 0 spiro atoms. The van der Waals surface area contributed by atoms with Crippen LogP contribution in [0.5, 0.6) is 5.75 Å². The van der Waals surface area contributed by atoms with Crippen molar-refractivity contribution in [3.05, 3.63) is 71.1 Å². The summed E-state index contributed by atoms with van der Waals surface area (Å²) in [6, 6.07) is 10.8. The number of thiazole rings is 1. The SMILES string of the molecule is CCOc1ccc(C(=O)N(CCn2nc(C)cc2C)c2nc3c(F)cc(F)cc3s2)cc1. The first kappa shape index (κ1) is 21.9. The van der Waals surface area contributed by atoms with Crippen molar-refractivity contribution < 1.29 is 18.3 Å². The van der Waals surface area contributed by atoms with Crippen LogP contribution in [0.1, 0.15) is 28.7 Å². The smallest absolute Gasteiger partial charge is 0.260 e. The van der Waals surface area contributed by atoms with E-state index < -0.39 is 11.6 Å². The number of aryl methyl sites for hydroxylation is 2. The van der Waals surface area contributed by atoms with Crippen molar-refractivity contribution >= 4 is 32.6 Å². The van der Waals surface area contributed by atoms with Gasteiger partial charge in [-0.1, -0.05) is 11.3 Å². The fourth-order valence-corrected chi connectivity index (χ4v) is 4.49. The minimum atomic E-state index is -0.755. The first-order valence-electron chi connectivity index (χ1n) is 10.2. The van der Waals surface area contributed by atoms with Crippen molar-refractivity contribution in [2.75, 3.05) is 18.1 Å². The van der Waals surface area contributed by atoms with Gasteiger partial charge in [0.05, 0.1) is 23.5 Å². The molecule has 32 heavy (non-hydrogen) atoms. The number of benzene rings is 2. The number of aromatic nitrogens is 3. The molecule has 0 bridgehead atoms. The van der Waals surface area contributed by atoms with E-state index in [0.717, 1.165) is 28.8 Å². The van der Waals surface area contributed by atoms with E-state index in [-0.39, 0.29) is 18.0 Å². The Hall–Kier alpha value is -3.33. The number of hydrogen-bond acceptors (Lipinski definition) is 5. The highest BCUT2D eigenvalue weighted by Gasteiger charge is 2.23. The van der Waals surface area contributed by atoms with E-state index in [4.69, 9.17) is 4.74 Å². The largest absolute Gasteiger partial charge is 0.494 e. The van der Waals surface area contributed by atoms with E-state index in [1.807, 2.05) is 26.8 Å². The van der Waals surface area contributed by atoms with E-state index in [2.05, 4.69) is 10.1 Å². The third-order valence-corrected chi connectivity index (χ3v) is 5.95. The number of rotatable bonds is 7. The fourth-order valence-electron chi connectivity index (χ4n) is 3.46. The zero-order valence-electron chi connectivity index (χ0n) is 17.9. The van der Waals surface area contributed by atoms with Crippen LogP contribution >= 0.6 is 11.3 Å². The summed E-state index contributed by atoms with van der Waals surface area (Å²) in [6.07, 6.45) is 0. The van der Waals surface area contributed by atoms with Gasteiger partial charge in [0.25, 0.3) is 5.91 Å². The van der Waals surface area contributed by atoms with Gasteiger partial charge < -0.3 is 4.74 Å². The summed E-state index contributed by atoms with van der Waals surface area (Å²) < 4.78 is 35.5. The highest BCUT2D eigenvalue weighted by Crippen LogP contribution is 2.32. The van der Waals surface area contributed by atoms with E-state index in [1.165, 1.54) is 11.0 Å². The summed E-state index contributed by atoms with van der Waals surface area (Å²) in [5, 5.41) is 4.74. The standard InChI is InChI=1S/C23H22F2N4O2S/c1-4-31-18-7-5-16(6-8-18)22(30)28(9-10-29-15(3)11-14(2)27-29)23-26-21-19(25)12-17(24)13-20(21)32-23/h5-8,11-13H,4,9-10H2,1-3H3. The summed E-state index contributed by atoms with van der Waals surface area (Å²) in [6.45, 7) is 6.93. The number of carbonyl (C=O) groups is 1. The highest BCUT2D eigenvalue weighted by atomic mass is 32.1. The van der Waals surface area contributed by atoms with Crippen LogP contribution in [0, 0.1) is 25.5 Å². The third kappa shape index (κ3) is 4.47.